The molecular formula is C17H16N4O3S. The Morgan fingerprint density at radius 2 is 2.04 bits per heavy atom. The van der Waals surface area contributed by atoms with Crippen molar-refractivity contribution in [1.29, 1.82) is 0 Å². The van der Waals surface area contributed by atoms with Crippen LogP contribution in [0.25, 0.3) is 5.69 Å². The molecule has 0 radical (unpaired) electrons. The number of aromatic nitrogens is 4. The van der Waals surface area contributed by atoms with E-state index in [1.165, 1.54) is 0 Å². The quantitative estimate of drug-likeness (QED) is 0.651. The summed E-state index contributed by atoms with van der Waals surface area (Å²) in [5.74, 6) is 2.99. The zero-order chi connectivity index (χ0) is 17.2. The highest BCUT2D eigenvalue weighted by Gasteiger charge is 2.16. The minimum Gasteiger partial charge on any atom is -0.494 e. The maximum Gasteiger partial charge on any atom is 0.231 e. The van der Waals surface area contributed by atoms with E-state index in [1.807, 2.05) is 43.3 Å². The average molecular weight is 356 g/mol. The molecule has 128 valence electrons. The molecule has 2 aromatic carbocycles. The van der Waals surface area contributed by atoms with Gasteiger partial charge in [0.15, 0.2) is 11.5 Å². The Hall–Kier alpha value is -2.74. The largest absolute Gasteiger partial charge is 0.494 e. The molecule has 4 rings (SSSR count). The van der Waals surface area contributed by atoms with Crippen LogP contribution in [0.4, 0.5) is 0 Å². The predicted molar refractivity (Wildman–Crippen MR) is 92.6 cm³/mol. The summed E-state index contributed by atoms with van der Waals surface area (Å²) in [6, 6.07) is 11.8. The van der Waals surface area contributed by atoms with Crippen LogP contribution in [0.3, 0.4) is 0 Å². The Bertz CT molecular complexity index is 913. The van der Waals surface area contributed by atoms with Gasteiger partial charge < -0.3 is 14.2 Å². The first-order valence-corrected chi connectivity index (χ1v) is 8.68. The summed E-state index contributed by atoms with van der Waals surface area (Å²) in [5, 5.41) is 12.8. The van der Waals surface area contributed by atoms with Crippen molar-refractivity contribution in [3.05, 3.63) is 47.5 Å². The van der Waals surface area contributed by atoms with Crippen LogP contribution >= 0.6 is 11.8 Å². The second-order valence-electron chi connectivity index (χ2n) is 5.52. The van der Waals surface area contributed by atoms with Crippen LogP contribution in [0.15, 0.2) is 41.6 Å². The lowest BCUT2D eigenvalue weighted by Gasteiger charge is -2.10. The number of nitrogens with zero attached hydrogens (tertiary/aromatic N) is 4. The van der Waals surface area contributed by atoms with Gasteiger partial charge in [0, 0.05) is 5.75 Å². The smallest absolute Gasteiger partial charge is 0.231 e. The molecule has 8 heteroatoms. The lowest BCUT2D eigenvalue weighted by atomic mass is 10.2. The zero-order valence-electron chi connectivity index (χ0n) is 13.8. The van der Waals surface area contributed by atoms with Crippen LogP contribution < -0.4 is 14.2 Å². The highest BCUT2D eigenvalue weighted by molar-refractivity contribution is 7.98. The number of aryl methyl sites for hydroxylation is 1. The van der Waals surface area contributed by atoms with Gasteiger partial charge in [0.1, 0.15) is 11.4 Å². The molecule has 3 aromatic rings. The maximum absolute atomic E-state index is 5.44. The second kappa shape index (κ2) is 6.64. The monoisotopic (exact) mass is 356 g/mol. The molecule has 1 aromatic heterocycles. The number of ether oxygens (including phenoxy) is 3. The van der Waals surface area contributed by atoms with E-state index >= 15 is 0 Å². The number of tetrazole rings is 1. The average Bonchev–Trinajstić information content (AvgIpc) is 3.28. The molecule has 0 spiro atoms. The molecule has 7 nitrogen and oxygen atoms in total. The highest BCUT2D eigenvalue weighted by Crippen LogP contribution is 2.34. The molecule has 1 aliphatic heterocycles. The summed E-state index contributed by atoms with van der Waals surface area (Å²) in [7, 11) is 1.64. The molecule has 0 aliphatic carbocycles. The van der Waals surface area contributed by atoms with Crippen LogP contribution in [0.2, 0.25) is 0 Å². The molecular weight excluding hydrogens is 340 g/mol. The first kappa shape index (κ1) is 15.8. The highest BCUT2D eigenvalue weighted by atomic mass is 32.2. The number of methoxy groups -OCH3 is 1. The third-order valence-corrected chi connectivity index (χ3v) is 4.80. The Balaban J connectivity index is 1.57. The molecule has 25 heavy (non-hydrogen) atoms. The van der Waals surface area contributed by atoms with E-state index in [9.17, 15) is 0 Å². The Morgan fingerprint density at radius 3 is 2.92 bits per heavy atom. The summed E-state index contributed by atoms with van der Waals surface area (Å²) in [6.07, 6.45) is 0. The number of rotatable bonds is 5. The summed E-state index contributed by atoms with van der Waals surface area (Å²) >= 11 is 1.55. The summed E-state index contributed by atoms with van der Waals surface area (Å²) < 4.78 is 17.9. The molecule has 0 fully saturated rings. The molecule has 0 saturated carbocycles. The Kier molecular flexibility index (Phi) is 4.19. The van der Waals surface area contributed by atoms with Gasteiger partial charge in [0.2, 0.25) is 11.9 Å². The number of thioether (sulfide) groups is 1. The van der Waals surface area contributed by atoms with Gasteiger partial charge >= 0.3 is 0 Å². The number of benzene rings is 2. The lowest BCUT2D eigenvalue weighted by Crippen LogP contribution is -2.02. The fourth-order valence-electron chi connectivity index (χ4n) is 2.56. The Morgan fingerprint density at radius 1 is 1.16 bits per heavy atom. The summed E-state index contributed by atoms with van der Waals surface area (Å²) in [6.45, 7) is 2.30. The SMILES string of the molecule is COc1ccc(C)cc1-n1nnnc1SCc1ccc2c(c1)OCO2. The standard InChI is InChI=1S/C17H16N4O3S/c1-11-3-5-14(22-2)13(7-11)21-17(18-19-20-21)25-9-12-4-6-15-16(8-12)24-10-23-15/h3-8H,9-10H2,1-2H3. The van der Waals surface area contributed by atoms with E-state index in [2.05, 4.69) is 15.5 Å². The first-order chi connectivity index (χ1) is 12.2. The molecule has 1 aliphatic rings. The van der Waals surface area contributed by atoms with E-state index in [1.54, 1.807) is 23.6 Å². The van der Waals surface area contributed by atoms with Crippen LogP contribution in [-0.4, -0.2) is 34.1 Å². The molecule has 0 amide bonds. The minimum atomic E-state index is 0.275. The van der Waals surface area contributed by atoms with Crippen LogP contribution in [0, 0.1) is 6.92 Å². The van der Waals surface area contributed by atoms with E-state index < -0.39 is 0 Å². The van der Waals surface area contributed by atoms with Crippen molar-refractivity contribution in [1.82, 2.24) is 20.2 Å². The normalized spacial score (nSPS) is 12.4. The molecule has 0 atom stereocenters. The molecule has 0 unspecified atom stereocenters. The van der Waals surface area contributed by atoms with Gasteiger partial charge in [-0.3, -0.25) is 0 Å². The van der Waals surface area contributed by atoms with Crippen molar-refractivity contribution in [2.24, 2.45) is 0 Å². The molecule has 0 saturated heterocycles. The summed E-state index contributed by atoms with van der Waals surface area (Å²) in [5.41, 5.74) is 3.04. The first-order valence-electron chi connectivity index (χ1n) is 7.69. The molecule has 0 N–H and O–H groups in total. The van der Waals surface area contributed by atoms with E-state index in [-0.39, 0.29) is 6.79 Å². The molecule has 0 bridgehead atoms. The van der Waals surface area contributed by atoms with Gasteiger partial charge in [-0.25, -0.2) is 0 Å². The molecule has 2 heterocycles. The van der Waals surface area contributed by atoms with Crippen molar-refractivity contribution >= 4 is 11.8 Å². The number of fused-ring (bicyclic) bond motifs is 1. The van der Waals surface area contributed by atoms with Gasteiger partial charge in [0.05, 0.1) is 7.11 Å². The van der Waals surface area contributed by atoms with Crippen molar-refractivity contribution < 1.29 is 14.2 Å². The minimum absolute atomic E-state index is 0.275. The lowest BCUT2D eigenvalue weighted by molar-refractivity contribution is 0.174. The number of hydrogen-bond acceptors (Lipinski definition) is 7. The van der Waals surface area contributed by atoms with E-state index in [0.29, 0.717) is 10.9 Å². The maximum atomic E-state index is 5.44. The summed E-state index contributed by atoms with van der Waals surface area (Å²) in [4.78, 5) is 0. The van der Waals surface area contributed by atoms with Crippen molar-refractivity contribution in [3.8, 4) is 22.9 Å². The predicted octanol–water partition coefficient (Wildman–Crippen LogP) is 3.00. The van der Waals surface area contributed by atoms with Crippen LogP contribution in [0.5, 0.6) is 17.2 Å². The van der Waals surface area contributed by atoms with Crippen molar-refractivity contribution in [3.63, 3.8) is 0 Å². The third kappa shape index (κ3) is 3.12. The van der Waals surface area contributed by atoms with Crippen molar-refractivity contribution in [2.75, 3.05) is 13.9 Å². The van der Waals surface area contributed by atoms with Crippen molar-refractivity contribution in [2.45, 2.75) is 17.8 Å². The fourth-order valence-corrected chi connectivity index (χ4v) is 3.39. The number of hydrogen-bond donors (Lipinski definition) is 0. The van der Waals surface area contributed by atoms with Crippen LogP contribution in [0.1, 0.15) is 11.1 Å². The third-order valence-electron chi connectivity index (χ3n) is 3.81. The zero-order valence-corrected chi connectivity index (χ0v) is 14.6. The van der Waals surface area contributed by atoms with Gasteiger partial charge in [-0.2, -0.15) is 4.68 Å². The van der Waals surface area contributed by atoms with Crippen LogP contribution in [-0.2, 0) is 5.75 Å². The van der Waals surface area contributed by atoms with E-state index in [0.717, 1.165) is 34.1 Å². The topological polar surface area (TPSA) is 71.3 Å². The Labute approximate surface area is 148 Å². The second-order valence-corrected chi connectivity index (χ2v) is 6.47. The van der Waals surface area contributed by atoms with Gasteiger partial charge in [-0.1, -0.05) is 23.9 Å². The van der Waals surface area contributed by atoms with Gasteiger partial charge in [-0.15, -0.1) is 5.10 Å². The van der Waals surface area contributed by atoms with Gasteiger partial charge in [-0.05, 0) is 52.7 Å². The van der Waals surface area contributed by atoms with E-state index in [4.69, 9.17) is 14.2 Å². The fraction of sp³-hybridized carbons (Fsp3) is 0.235. The van der Waals surface area contributed by atoms with Gasteiger partial charge in [0.25, 0.3) is 0 Å².